The number of nitrogens with one attached hydrogen (secondary N) is 1. The molecule has 1 aromatic carbocycles. The third kappa shape index (κ3) is 3.37. The highest BCUT2D eigenvalue weighted by Gasteiger charge is 2.18. The number of aliphatic carboxylic acids is 1. The Morgan fingerprint density at radius 1 is 1.52 bits per heavy atom. The number of aromatic amines is 1. The van der Waals surface area contributed by atoms with E-state index in [0.717, 1.165) is 23.4 Å². The number of benzene rings is 1. The van der Waals surface area contributed by atoms with Crippen LogP contribution in [0.5, 0.6) is 0 Å². The molecular formula is C13H13FN4O4S. The zero-order valence-electron chi connectivity index (χ0n) is 12.2. The number of anilines is 1. The van der Waals surface area contributed by atoms with Gasteiger partial charge in [-0.3, -0.25) is 0 Å². The minimum Gasteiger partial charge on any atom is -0.478 e. The van der Waals surface area contributed by atoms with Gasteiger partial charge >= 0.3 is 5.97 Å². The lowest BCUT2D eigenvalue weighted by atomic mass is 10.3. The number of hydrogen-bond donors (Lipinski definition) is 2. The fourth-order valence-corrected chi connectivity index (χ4v) is 2.54. The first-order chi connectivity index (χ1) is 10.6. The molecule has 2 rings (SSSR count). The van der Waals surface area contributed by atoms with Crippen molar-refractivity contribution in [1.82, 2.24) is 9.97 Å². The molecule has 23 heavy (non-hydrogen) atoms. The van der Waals surface area contributed by atoms with E-state index in [9.17, 15) is 17.6 Å². The largest absolute Gasteiger partial charge is 0.478 e. The number of rotatable bonds is 5. The summed E-state index contributed by atoms with van der Waals surface area (Å²) in [5.41, 5.74) is 0.401. The number of hydrazone groups is 1. The summed E-state index contributed by atoms with van der Waals surface area (Å²) in [7, 11) is -3.73. The molecule has 0 saturated carbocycles. The Morgan fingerprint density at radius 2 is 2.17 bits per heavy atom. The minimum atomic E-state index is -3.73. The predicted octanol–water partition coefficient (Wildman–Crippen LogP) is 1.52. The van der Waals surface area contributed by atoms with Crippen LogP contribution >= 0.6 is 0 Å². The topological polar surface area (TPSA) is 116 Å². The van der Waals surface area contributed by atoms with Crippen molar-refractivity contribution in [2.45, 2.75) is 11.8 Å². The third-order valence-electron chi connectivity index (χ3n) is 2.95. The molecule has 122 valence electrons. The lowest BCUT2D eigenvalue weighted by Gasteiger charge is -2.09. The molecule has 10 heteroatoms. The second-order valence-electron chi connectivity index (χ2n) is 4.74. The molecule has 0 saturated heterocycles. The number of imidazole rings is 1. The number of carboxylic acids is 1. The fraction of sp³-hybridized carbons (Fsp3) is 0.154. The highest BCUT2D eigenvalue weighted by Crippen LogP contribution is 2.24. The van der Waals surface area contributed by atoms with E-state index in [4.69, 9.17) is 5.11 Å². The van der Waals surface area contributed by atoms with Crippen molar-refractivity contribution < 1.29 is 22.7 Å². The first kappa shape index (κ1) is 16.6. The van der Waals surface area contributed by atoms with E-state index < -0.39 is 26.5 Å². The molecular weight excluding hydrogens is 327 g/mol. The van der Waals surface area contributed by atoms with Gasteiger partial charge in [0, 0.05) is 25.2 Å². The molecule has 0 aliphatic carbocycles. The van der Waals surface area contributed by atoms with E-state index in [1.165, 1.54) is 13.1 Å². The number of halogens is 1. The van der Waals surface area contributed by atoms with E-state index in [2.05, 4.69) is 21.8 Å². The first-order valence-electron chi connectivity index (χ1n) is 6.20. The van der Waals surface area contributed by atoms with Crippen LogP contribution in [0.1, 0.15) is 6.92 Å². The molecule has 0 atom stereocenters. The number of carboxylic acid groups (broad SMARTS) is 1. The van der Waals surface area contributed by atoms with Gasteiger partial charge in [-0.15, -0.1) is 0 Å². The summed E-state index contributed by atoms with van der Waals surface area (Å²) in [6.45, 7) is 4.65. The van der Waals surface area contributed by atoms with Gasteiger partial charge in [-0.1, -0.05) is 0 Å². The highest BCUT2D eigenvalue weighted by molar-refractivity contribution is 7.90. The molecule has 1 heterocycles. The molecule has 0 amide bonds. The Kier molecular flexibility index (Phi) is 4.19. The average molecular weight is 340 g/mol. The summed E-state index contributed by atoms with van der Waals surface area (Å²) in [4.78, 5) is 17.2. The van der Waals surface area contributed by atoms with Crippen molar-refractivity contribution in [3.05, 3.63) is 29.7 Å². The van der Waals surface area contributed by atoms with Crippen LogP contribution in [0.4, 0.5) is 10.3 Å². The molecule has 8 nitrogen and oxygen atoms in total. The second kappa shape index (κ2) is 5.80. The first-order valence-corrected chi connectivity index (χ1v) is 8.09. The number of nitrogens with zero attached hydrogens (tertiary/aromatic N) is 3. The van der Waals surface area contributed by atoms with Crippen LogP contribution in [0.2, 0.25) is 0 Å². The molecule has 0 unspecified atom stereocenters. The Bertz CT molecular complexity index is 933. The smallest absolute Gasteiger partial charge is 0.332 e. The van der Waals surface area contributed by atoms with Crippen LogP contribution in [0.15, 0.2) is 33.9 Å². The van der Waals surface area contributed by atoms with Crippen molar-refractivity contribution in [2.24, 2.45) is 5.10 Å². The molecule has 0 aliphatic rings. The molecule has 1 aromatic heterocycles. The number of H-pyrrole nitrogens is 1. The van der Waals surface area contributed by atoms with Crippen molar-refractivity contribution in [3.8, 4) is 0 Å². The SMILES string of the molecule is C=NN(/C=C(\C)C(=O)O)c1nc2cc(F)c(S(C)(=O)=O)cc2[nH]1. The molecule has 0 radical (unpaired) electrons. The molecule has 0 fully saturated rings. The summed E-state index contributed by atoms with van der Waals surface area (Å²) in [5.74, 6) is -2.01. The average Bonchev–Trinajstić information content (AvgIpc) is 2.84. The summed E-state index contributed by atoms with van der Waals surface area (Å²) >= 11 is 0. The quantitative estimate of drug-likeness (QED) is 0.484. The highest BCUT2D eigenvalue weighted by atomic mass is 32.2. The van der Waals surface area contributed by atoms with Crippen molar-refractivity contribution in [3.63, 3.8) is 0 Å². The van der Waals surface area contributed by atoms with Gasteiger partial charge in [0.2, 0.25) is 5.95 Å². The van der Waals surface area contributed by atoms with Crippen LogP contribution in [0, 0.1) is 5.82 Å². The molecule has 0 bridgehead atoms. The van der Waals surface area contributed by atoms with Gasteiger partial charge in [-0.05, 0) is 13.0 Å². The number of sulfone groups is 1. The second-order valence-corrected chi connectivity index (χ2v) is 6.72. The number of aromatic nitrogens is 2. The normalized spacial score (nSPS) is 12.4. The van der Waals surface area contributed by atoms with E-state index in [-0.39, 0.29) is 22.6 Å². The summed E-state index contributed by atoms with van der Waals surface area (Å²) in [5, 5.41) is 13.5. The van der Waals surface area contributed by atoms with Gasteiger partial charge in [-0.2, -0.15) is 5.10 Å². The Labute approximate surface area is 130 Å². The van der Waals surface area contributed by atoms with Crippen LogP contribution in [-0.2, 0) is 14.6 Å². The van der Waals surface area contributed by atoms with Crippen molar-refractivity contribution in [2.75, 3.05) is 11.3 Å². The summed E-state index contributed by atoms with van der Waals surface area (Å²) < 4.78 is 36.9. The maximum Gasteiger partial charge on any atom is 0.332 e. The third-order valence-corrected chi connectivity index (χ3v) is 4.06. The maximum absolute atomic E-state index is 13.9. The van der Waals surface area contributed by atoms with Crippen molar-refractivity contribution in [1.29, 1.82) is 0 Å². The van der Waals surface area contributed by atoms with Gasteiger partial charge in [0.15, 0.2) is 9.84 Å². The monoisotopic (exact) mass is 340 g/mol. The van der Waals surface area contributed by atoms with Crippen LogP contribution < -0.4 is 5.01 Å². The van der Waals surface area contributed by atoms with Gasteiger partial charge < -0.3 is 10.1 Å². The fourth-order valence-electron chi connectivity index (χ4n) is 1.80. The molecule has 0 spiro atoms. The van der Waals surface area contributed by atoms with Gasteiger partial charge in [0.1, 0.15) is 10.7 Å². The summed E-state index contributed by atoms with van der Waals surface area (Å²) in [6.07, 6.45) is 2.06. The van der Waals surface area contributed by atoms with Gasteiger partial charge in [0.25, 0.3) is 0 Å². The van der Waals surface area contributed by atoms with Crippen LogP contribution in [0.25, 0.3) is 11.0 Å². The Morgan fingerprint density at radius 3 is 2.70 bits per heavy atom. The van der Waals surface area contributed by atoms with E-state index in [0.29, 0.717) is 0 Å². The maximum atomic E-state index is 13.9. The predicted molar refractivity (Wildman–Crippen MR) is 82.6 cm³/mol. The molecule has 0 aliphatic heterocycles. The van der Waals surface area contributed by atoms with Crippen molar-refractivity contribution >= 4 is 39.5 Å². The minimum absolute atomic E-state index is 0.0270. The molecule has 2 aromatic rings. The van der Waals surface area contributed by atoms with E-state index in [1.54, 1.807) is 0 Å². The Hall–Kier alpha value is -2.75. The zero-order chi connectivity index (χ0) is 17.4. The number of hydrogen-bond acceptors (Lipinski definition) is 6. The standard InChI is InChI=1S/C13H13FN4O4S/c1-7(12(19)20)6-18(15-2)13-16-9-4-8(14)11(23(3,21)22)5-10(9)17-13/h4-6H,2H2,1,3H3,(H,16,17)(H,19,20)/b7-6+. The lowest BCUT2D eigenvalue weighted by Crippen LogP contribution is -2.11. The Balaban J connectivity index is 2.58. The number of carbonyl (C=O) groups is 1. The van der Waals surface area contributed by atoms with E-state index >= 15 is 0 Å². The molecule has 2 N–H and O–H groups in total. The van der Waals surface area contributed by atoms with Crippen LogP contribution in [0.3, 0.4) is 0 Å². The number of fused-ring (bicyclic) bond motifs is 1. The van der Waals surface area contributed by atoms with Gasteiger partial charge in [0.05, 0.1) is 16.6 Å². The zero-order valence-corrected chi connectivity index (χ0v) is 13.1. The van der Waals surface area contributed by atoms with E-state index in [1.807, 2.05) is 0 Å². The van der Waals surface area contributed by atoms with Crippen LogP contribution in [-0.4, -0.2) is 42.4 Å². The summed E-state index contributed by atoms with van der Waals surface area (Å²) in [6, 6.07) is 2.09. The van der Waals surface area contributed by atoms with Gasteiger partial charge in [-0.25, -0.2) is 27.6 Å². The lowest BCUT2D eigenvalue weighted by molar-refractivity contribution is -0.132.